The van der Waals surface area contributed by atoms with Crippen LogP contribution in [0.25, 0.3) is 11.0 Å². The number of aryl methyl sites for hydroxylation is 1. The van der Waals surface area contributed by atoms with Crippen LogP contribution in [0, 0.1) is 6.92 Å². The van der Waals surface area contributed by atoms with Crippen molar-refractivity contribution in [1.82, 2.24) is 10.6 Å². The van der Waals surface area contributed by atoms with Gasteiger partial charge in [0.15, 0.2) is 5.96 Å². The van der Waals surface area contributed by atoms with E-state index in [0.717, 1.165) is 36.8 Å². The van der Waals surface area contributed by atoms with E-state index in [1.54, 1.807) is 0 Å². The molecule has 0 radical (unpaired) electrons. The van der Waals surface area contributed by atoms with E-state index in [4.69, 9.17) is 4.42 Å². The number of nitrogens with one attached hydrogen (secondary N) is 2. The van der Waals surface area contributed by atoms with Crippen LogP contribution in [0.15, 0.2) is 33.7 Å². The van der Waals surface area contributed by atoms with Gasteiger partial charge in [-0.15, -0.1) is 0 Å². The number of thioether (sulfide) groups is 1. The number of fused-ring (bicyclic) bond motifs is 1. The van der Waals surface area contributed by atoms with E-state index in [2.05, 4.69) is 41.8 Å². The van der Waals surface area contributed by atoms with Gasteiger partial charge in [0.25, 0.3) is 0 Å². The van der Waals surface area contributed by atoms with Crippen molar-refractivity contribution in [3.05, 3.63) is 35.6 Å². The van der Waals surface area contributed by atoms with Crippen LogP contribution < -0.4 is 10.6 Å². The van der Waals surface area contributed by atoms with Crippen LogP contribution in [-0.2, 0) is 6.54 Å². The van der Waals surface area contributed by atoms with E-state index >= 15 is 0 Å². The number of hydrogen-bond acceptors (Lipinski definition) is 3. The van der Waals surface area contributed by atoms with Gasteiger partial charge in [-0.05, 0) is 44.8 Å². The molecular formula is C18H27N3OS. The first kappa shape index (κ1) is 17.7. The molecule has 2 N–H and O–H groups in total. The summed E-state index contributed by atoms with van der Waals surface area (Å²) in [6.45, 7) is 6.54. The first-order valence-corrected chi connectivity index (χ1v) is 9.63. The van der Waals surface area contributed by atoms with E-state index in [1.807, 2.05) is 30.0 Å². The van der Waals surface area contributed by atoms with Crippen molar-refractivity contribution >= 4 is 28.7 Å². The zero-order valence-corrected chi connectivity index (χ0v) is 15.1. The first-order chi connectivity index (χ1) is 11.3. The molecule has 0 saturated carbocycles. The van der Waals surface area contributed by atoms with Crippen LogP contribution in [0.3, 0.4) is 0 Å². The molecule has 1 heterocycles. The highest BCUT2D eigenvalue weighted by atomic mass is 32.2. The monoisotopic (exact) mass is 333 g/mol. The summed E-state index contributed by atoms with van der Waals surface area (Å²) in [5, 5.41) is 7.85. The molecule has 0 aliphatic carbocycles. The molecule has 0 amide bonds. The van der Waals surface area contributed by atoms with Gasteiger partial charge in [-0.1, -0.05) is 18.2 Å². The Balaban J connectivity index is 1.96. The summed E-state index contributed by atoms with van der Waals surface area (Å²) in [6.07, 6.45) is 4.54. The number of para-hydroxylation sites is 1. The number of unbranched alkanes of at least 4 members (excludes halogenated alkanes) is 1. The minimum atomic E-state index is 0.556. The fourth-order valence-electron chi connectivity index (χ4n) is 2.45. The second-order valence-electron chi connectivity index (χ2n) is 5.47. The van der Waals surface area contributed by atoms with Crippen molar-refractivity contribution in [3.63, 3.8) is 0 Å². The van der Waals surface area contributed by atoms with Gasteiger partial charge in [-0.25, -0.2) is 4.99 Å². The molecule has 0 bridgehead atoms. The Hall–Kier alpha value is -1.62. The summed E-state index contributed by atoms with van der Waals surface area (Å²) >= 11 is 1.90. The van der Waals surface area contributed by atoms with E-state index in [0.29, 0.717) is 6.54 Å². The molecule has 1 aromatic heterocycles. The molecule has 0 saturated heterocycles. The first-order valence-electron chi connectivity index (χ1n) is 8.24. The van der Waals surface area contributed by atoms with E-state index < -0.39 is 0 Å². The smallest absolute Gasteiger partial charge is 0.191 e. The predicted octanol–water partition coefficient (Wildman–Crippen LogP) is 3.94. The Kier molecular flexibility index (Phi) is 7.33. The predicted molar refractivity (Wildman–Crippen MR) is 101 cm³/mol. The zero-order chi connectivity index (χ0) is 16.5. The zero-order valence-electron chi connectivity index (χ0n) is 14.3. The average molecular weight is 334 g/mol. The second kappa shape index (κ2) is 9.50. The normalized spacial score (nSPS) is 11.9. The van der Waals surface area contributed by atoms with Gasteiger partial charge in [0, 0.05) is 24.0 Å². The molecule has 0 fully saturated rings. The van der Waals surface area contributed by atoms with E-state index in [9.17, 15) is 0 Å². The molecule has 5 heteroatoms. The van der Waals surface area contributed by atoms with Crippen LogP contribution in [0.4, 0.5) is 0 Å². The number of nitrogens with zero attached hydrogens (tertiary/aromatic N) is 1. The third-order valence-electron chi connectivity index (χ3n) is 3.74. The molecule has 2 aromatic rings. The van der Waals surface area contributed by atoms with Crippen LogP contribution in [-0.4, -0.2) is 31.1 Å². The van der Waals surface area contributed by atoms with Crippen molar-refractivity contribution in [2.24, 2.45) is 4.99 Å². The Morgan fingerprint density at radius 1 is 1.22 bits per heavy atom. The molecule has 126 valence electrons. The molecule has 0 aliphatic rings. The summed E-state index contributed by atoms with van der Waals surface area (Å²) in [5.74, 6) is 3.01. The van der Waals surface area contributed by atoms with Gasteiger partial charge in [0.1, 0.15) is 17.9 Å². The number of aliphatic imine (C=N–C) groups is 1. The maximum Gasteiger partial charge on any atom is 0.191 e. The van der Waals surface area contributed by atoms with Crippen molar-refractivity contribution < 1.29 is 4.42 Å². The van der Waals surface area contributed by atoms with Crippen molar-refractivity contribution in [2.45, 2.75) is 33.2 Å². The van der Waals surface area contributed by atoms with Crippen molar-refractivity contribution in [3.8, 4) is 0 Å². The molecule has 1 aromatic carbocycles. The molecule has 0 atom stereocenters. The fourth-order valence-corrected chi connectivity index (χ4v) is 2.94. The molecule has 23 heavy (non-hydrogen) atoms. The lowest BCUT2D eigenvalue weighted by molar-refractivity contribution is 0.547. The quantitative estimate of drug-likeness (QED) is 0.436. The number of guanidine groups is 1. The number of benzene rings is 1. The van der Waals surface area contributed by atoms with Gasteiger partial charge in [0.2, 0.25) is 0 Å². The third-order valence-corrected chi connectivity index (χ3v) is 4.43. The summed E-state index contributed by atoms with van der Waals surface area (Å²) < 4.78 is 5.92. The number of hydrogen-bond donors (Lipinski definition) is 2. The highest BCUT2D eigenvalue weighted by Crippen LogP contribution is 2.25. The molecule has 0 aliphatic heterocycles. The van der Waals surface area contributed by atoms with Crippen molar-refractivity contribution in [2.75, 3.05) is 25.1 Å². The fraction of sp³-hybridized carbons (Fsp3) is 0.500. The molecular weight excluding hydrogens is 306 g/mol. The summed E-state index contributed by atoms with van der Waals surface area (Å²) in [6, 6.07) is 8.14. The maximum atomic E-state index is 5.92. The maximum absolute atomic E-state index is 5.92. The van der Waals surface area contributed by atoms with Gasteiger partial charge in [0.05, 0.1) is 0 Å². The lowest BCUT2D eigenvalue weighted by Crippen LogP contribution is -2.37. The van der Waals surface area contributed by atoms with Crippen LogP contribution in [0.1, 0.15) is 31.1 Å². The summed E-state index contributed by atoms with van der Waals surface area (Å²) in [5.41, 5.74) is 2.12. The molecule has 4 nitrogen and oxygen atoms in total. The van der Waals surface area contributed by atoms with Crippen molar-refractivity contribution in [1.29, 1.82) is 0 Å². The largest absolute Gasteiger partial charge is 0.459 e. The summed E-state index contributed by atoms with van der Waals surface area (Å²) in [7, 11) is 0. The minimum absolute atomic E-state index is 0.556. The highest BCUT2D eigenvalue weighted by Gasteiger charge is 2.09. The Labute approximate surface area is 143 Å². The topological polar surface area (TPSA) is 49.6 Å². The highest BCUT2D eigenvalue weighted by molar-refractivity contribution is 7.98. The Morgan fingerprint density at radius 2 is 2.04 bits per heavy atom. The second-order valence-corrected chi connectivity index (χ2v) is 6.45. The summed E-state index contributed by atoms with van der Waals surface area (Å²) in [4.78, 5) is 4.65. The number of rotatable bonds is 8. The Bertz CT molecular complexity index is 636. The Morgan fingerprint density at radius 3 is 2.78 bits per heavy atom. The SMILES string of the molecule is CCNC(=NCc1oc2ccccc2c1C)NCCCCSC. The minimum Gasteiger partial charge on any atom is -0.459 e. The molecule has 0 spiro atoms. The lowest BCUT2D eigenvalue weighted by Gasteiger charge is -2.10. The molecule has 2 rings (SSSR count). The van der Waals surface area contributed by atoms with Gasteiger partial charge < -0.3 is 15.1 Å². The molecule has 0 unspecified atom stereocenters. The van der Waals surface area contributed by atoms with Gasteiger partial charge in [-0.2, -0.15) is 11.8 Å². The van der Waals surface area contributed by atoms with Gasteiger partial charge in [-0.3, -0.25) is 0 Å². The van der Waals surface area contributed by atoms with Crippen LogP contribution >= 0.6 is 11.8 Å². The van der Waals surface area contributed by atoms with Crippen LogP contribution in [0.5, 0.6) is 0 Å². The number of furan rings is 1. The third kappa shape index (κ3) is 5.20. The van der Waals surface area contributed by atoms with Crippen LogP contribution in [0.2, 0.25) is 0 Å². The van der Waals surface area contributed by atoms with E-state index in [1.165, 1.54) is 23.1 Å². The van der Waals surface area contributed by atoms with E-state index in [-0.39, 0.29) is 0 Å². The lowest BCUT2D eigenvalue weighted by atomic mass is 10.1. The van der Waals surface area contributed by atoms with Gasteiger partial charge >= 0.3 is 0 Å². The standard InChI is InChI=1S/C18H27N3OS/c1-4-19-18(20-11-7-8-12-23-3)21-13-17-14(2)15-9-5-6-10-16(15)22-17/h5-6,9-10H,4,7-8,11-13H2,1-3H3,(H2,19,20,21). The average Bonchev–Trinajstić information content (AvgIpc) is 2.89.